The minimum atomic E-state index is -3.87. The van der Waals surface area contributed by atoms with Crippen LogP contribution in [0.5, 0.6) is 0 Å². The van der Waals surface area contributed by atoms with Gasteiger partial charge in [-0.05, 0) is 12.8 Å². The summed E-state index contributed by atoms with van der Waals surface area (Å²) in [4.78, 5) is 0. The molecule has 0 heterocycles. The van der Waals surface area contributed by atoms with Gasteiger partial charge in [0, 0.05) is 13.1 Å². The first-order valence-corrected chi connectivity index (χ1v) is 5.45. The Kier molecular flexibility index (Phi) is 10.2. The first-order valence-electron chi connectivity index (χ1n) is 3.84. The number of hydroxylamine groups is 2. The van der Waals surface area contributed by atoms with Crippen molar-refractivity contribution in [1.29, 1.82) is 0 Å². The minimum Gasteiger partial charge on any atom is -1.00 e. The van der Waals surface area contributed by atoms with Crippen molar-refractivity contribution in [2.45, 2.75) is 19.8 Å². The van der Waals surface area contributed by atoms with Crippen LogP contribution in [0, 0.1) is 0 Å². The second-order valence-corrected chi connectivity index (χ2v) is 4.17. The van der Waals surface area contributed by atoms with Crippen LogP contribution in [0.25, 0.3) is 0 Å². The van der Waals surface area contributed by atoms with Gasteiger partial charge in [-0.15, -0.1) is 0 Å². The Balaban J connectivity index is -0.000000605. The predicted molar refractivity (Wildman–Crippen MR) is 45.8 cm³/mol. The van der Waals surface area contributed by atoms with Crippen molar-refractivity contribution in [3.05, 3.63) is 0 Å². The number of rotatable bonds is 6. The van der Waals surface area contributed by atoms with E-state index in [1.807, 2.05) is 6.92 Å². The van der Waals surface area contributed by atoms with Gasteiger partial charge in [-0.25, -0.2) is 0 Å². The van der Waals surface area contributed by atoms with E-state index in [0.717, 1.165) is 11.5 Å². The van der Waals surface area contributed by atoms with Crippen molar-refractivity contribution < 1.29 is 49.2 Å². The third-order valence-electron chi connectivity index (χ3n) is 1.30. The molecule has 0 atom stereocenters. The smallest absolute Gasteiger partial charge is 1.00 e. The third kappa shape index (κ3) is 12.8. The van der Waals surface area contributed by atoms with Crippen LogP contribution in [0.15, 0.2) is 0 Å². The van der Waals surface area contributed by atoms with Crippen LogP contribution in [0.4, 0.5) is 0 Å². The molecule has 0 aromatic carbocycles. The van der Waals surface area contributed by atoms with E-state index in [0.29, 0.717) is 6.54 Å². The third-order valence-corrected chi connectivity index (χ3v) is 2.10. The SMILES string of the molecule is CCCN(O)CCCS(=O)(=O)O.[H-].[Na+]. The van der Waals surface area contributed by atoms with Gasteiger partial charge in [0.05, 0.1) is 5.75 Å². The summed E-state index contributed by atoms with van der Waals surface area (Å²) in [6.45, 7) is 2.70. The molecule has 0 amide bonds. The Hall–Kier alpha value is 0.830. The quantitative estimate of drug-likeness (QED) is 0.294. The molecule has 13 heavy (non-hydrogen) atoms. The van der Waals surface area contributed by atoms with Crippen molar-refractivity contribution >= 4 is 10.1 Å². The Labute approximate surface area is 103 Å². The van der Waals surface area contributed by atoms with Gasteiger partial charge in [0.2, 0.25) is 0 Å². The molecule has 0 aliphatic carbocycles. The summed E-state index contributed by atoms with van der Waals surface area (Å²) in [6.07, 6.45) is 1.05. The van der Waals surface area contributed by atoms with Gasteiger partial charge in [-0.1, -0.05) is 6.92 Å². The largest absolute Gasteiger partial charge is 1.00 e. The molecule has 0 fully saturated rings. The molecule has 76 valence electrons. The molecule has 0 saturated carbocycles. The molecule has 0 aliphatic rings. The van der Waals surface area contributed by atoms with E-state index in [1.165, 1.54) is 0 Å². The fraction of sp³-hybridized carbons (Fsp3) is 1.00. The van der Waals surface area contributed by atoms with E-state index in [1.54, 1.807) is 0 Å². The minimum absolute atomic E-state index is 0. The fourth-order valence-electron chi connectivity index (χ4n) is 0.799. The van der Waals surface area contributed by atoms with Gasteiger partial charge in [-0.3, -0.25) is 4.55 Å². The summed E-state index contributed by atoms with van der Waals surface area (Å²) in [6, 6.07) is 0. The molecule has 0 rings (SSSR count). The number of nitrogens with zero attached hydrogens (tertiary/aromatic N) is 1. The zero-order valence-electron chi connectivity index (χ0n) is 9.10. The molecule has 5 nitrogen and oxygen atoms in total. The molecule has 0 spiro atoms. The van der Waals surface area contributed by atoms with Crippen molar-refractivity contribution in [2.75, 3.05) is 18.8 Å². The molecule has 2 N–H and O–H groups in total. The van der Waals surface area contributed by atoms with Crippen LogP contribution in [0.2, 0.25) is 0 Å². The molecular formula is C6H16NNaO4S. The van der Waals surface area contributed by atoms with Gasteiger partial charge in [0.1, 0.15) is 0 Å². The Morgan fingerprint density at radius 1 is 1.38 bits per heavy atom. The standard InChI is InChI=1S/C6H15NO4S.Na.H/c1-2-4-7(8)5-3-6-12(9,10)11;;/h8H,2-6H2,1H3,(H,9,10,11);;/q;+1;-1. The van der Waals surface area contributed by atoms with Gasteiger partial charge in [0.25, 0.3) is 10.1 Å². The van der Waals surface area contributed by atoms with Crippen molar-refractivity contribution in [3.8, 4) is 0 Å². The first kappa shape index (κ1) is 16.3. The Morgan fingerprint density at radius 3 is 2.31 bits per heavy atom. The normalized spacial score (nSPS) is 11.4. The maximum atomic E-state index is 10.2. The Bertz CT molecular complexity index is 212. The molecule has 0 unspecified atom stereocenters. The van der Waals surface area contributed by atoms with E-state index >= 15 is 0 Å². The van der Waals surface area contributed by atoms with Crippen LogP contribution in [-0.4, -0.2) is 42.1 Å². The second-order valence-electron chi connectivity index (χ2n) is 2.59. The molecule has 0 aromatic heterocycles. The summed E-state index contributed by atoms with van der Waals surface area (Å²) in [7, 11) is -3.87. The van der Waals surface area contributed by atoms with Crippen molar-refractivity contribution in [1.82, 2.24) is 5.06 Å². The van der Waals surface area contributed by atoms with Crippen molar-refractivity contribution in [2.24, 2.45) is 0 Å². The fourth-order valence-corrected chi connectivity index (χ4v) is 1.29. The summed E-state index contributed by atoms with van der Waals surface area (Å²) in [5.41, 5.74) is 0. The predicted octanol–water partition coefficient (Wildman–Crippen LogP) is -2.52. The first-order chi connectivity index (χ1) is 5.45. The van der Waals surface area contributed by atoms with Gasteiger partial charge in [-0.2, -0.15) is 13.5 Å². The second kappa shape index (κ2) is 8.16. The van der Waals surface area contributed by atoms with Crippen molar-refractivity contribution in [3.63, 3.8) is 0 Å². The molecule has 0 saturated heterocycles. The number of hydrogen-bond donors (Lipinski definition) is 2. The molecule has 0 bridgehead atoms. The van der Waals surface area contributed by atoms with E-state index < -0.39 is 10.1 Å². The zero-order chi connectivity index (χ0) is 9.61. The number of hydrogen-bond acceptors (Lipinski definition) is 4. The molecule has 0 aromatic rings. The molecule has 0 radical (unpaired) electrons. The van der Waals surface area contributed by atoms with Gasteiger partial charge >= 0.3 is 29.6 Å². The average molecular weight is 221 g/mol. The van der Waals surface area contributed by atoms with Crippen LogP contribution >= 0.6 is 0 Å². The van der Waals surface area contributed by atoms with E-state index in [9.17, 15) is 8.42 Å². The van der Waals surface area contributed by atoms with E-state index in [2.05, 4.69) is 0 Å². The molecule has 0 aliphatic heterocycles. The van der Waals surface area contributed by atoms with Gasteiger partial charge in [0.15, 0.2) is 0 Å². The summed E-state index contributed by atoms with van der Waals surface area (Å²) in [5, 5.41) is 10.0. The van der Waals surface area contributed by atoms with Crippen LogP contribution in [-0.2, 0) is 10.1 Å². The monoisotopic (exact) mass is 221 g/mol. The van der Waals surface area contributed by atoms with E-state index in [-0.39, 0.29) is 49.7 Å². The van der Waals surface area contributed by atoms with Gasteiger partial charge < -0.3 is 6.63 Å². The summed E-state index contributed by atoms with van der Waals surface area (Å²) in [5.74, 6) is -0.298. The summed E-state index contributed by atoms with van der Waals surface area (Å²) < 4.78 is 28.8. The molecular weight excluding hydrogens is 205 g/mol. The zero-order valence-corrected chi connectivity index (χ0v) is 10.9. The van der Waals surface area contributed by atoms with Crippen LogP contribution in [0.3, 0.4) is 0 Å². The maximum absolute atomic E-state index is 10.2. The van der Waals surface area contributed by atoms with Crippen LogP contribution < -0.4 is 29.6 Å². The summed E-state index contributed by atoms with van der Waals surface area (Å²) >= 11 is 0. The molecule has 7 heteroatoms. The Morgan fingerprint density at radius 2 is 1.92 bits per heavy atom. The van der Waals surface area contributed by atoms with E-state index in [4.69, 9.17) is 9.76 Å². The topological polar surface area (TPSA) is 77.8 Å². The van der Waals surface area contributed by atoms with Crippen LogP contribution in [0.1, 0.15) is 21.2 Å². The maximum Gasteiger partial charge on any atom is 1.00 e. The average Bonchev–Trinajstić information content (AvgIpc) is 1.84.